The fraction of sp³-hybridized carbons (Fsp3) is 0.267. The molecule has 6 heteroatoms. The fourth-order valence-corrected chi connectivity index (χ4v) is 2.11. The molecular weight excluding hydrogens is 268 g/mol. The lowest BCUT2D eigenvalue weighted by atomic mass is 9.98. The molecule has 0 bridgehead atoms. The van der Waals surface area contributed by atoms with Crippen molar-refractivity contribution >= 4 is 5.84 Å². The molecule has 0 saturated heterocycles. The van der Waals surface area contributed by atoms with Crippen LogP contribution in [0.1, 0.15) is 36.5 Å². The van der Waals surface area contributed by atoms with Crippen LogP contribution in [0.3, 0.4) is 0 Å². The molecule has 0 aliphatic heterocycles. The van der Waals surface area contributed by atoms with Gasteiger partial charge in [-0.25, -0.2) is 0 Å². The lowest BCUT2D eigenvalue weighted by Crippen LogP contribution is -2.15. The van der Waals surface area contributed by atoms with Gasteiger partial charge in [-0.3, -0.25) is 0 Å². The van der Waals surface area contributed by atoms with Gasteiger partial charge < -0.3 is 15.7 Å². The number of hydrogen-bond donors (Lipinski definition) is 2. The van der Waals surface area contributed by atoms with Crippen molar-refractivity contribution in [3.05, 3.63) is 47.2 Å². The van der Waals surface area contributed by atoms with Crippen molar-refractivity contribution in [1.82, 2.24) is 10.2 Å². The van der Waals surface area contributed by atoms with Gasteiger partial charge in [-0.15, -0.1) is 5.10 Å². The van der Waals surface area contributed by atoms with Gasteiger partial charge in [0.2, 0.25) is 5.88 Å². The van der Waals surface area contributed by atoms with Gasteiger partial charge in [0.15, 0.2) is 5.84 Å². The van der Waals surface area contributed by atoms with E-state index >= 15 is 0 Å². The van der Waals surface area contributed by atoms with Gasteiger partial charge in [0, 0.05) is 0 Å². The maximum Gasteiger partial charge on any atom is 0.250 e. The van der Waals surface area contributed by atoms with Gasteiger partial charge >= 0.3 is 0 Å². The molecule has 3 N–H and O–H groups in total. The summed E-state index contributed by atoms with van der Waals surface area (Å²) in [5, 5.41) is 19.4. The van der Waals surface area contributed by atoms with Crippen molar-refractivity contribution in [3.8, 4) is 11.6 Å². The minimum atomic E-state index is -0.0737. The molecule has 2 aromatic rings. The van der Waals surface area contributed by atoms with Gasteiger partial charge in [0.25, 0.3) is 0 Å². The summed E-state index contributed by atoms with van der Waals surface area (Å²) in [6, 6.07) is 7.40. The SMILES string of the molecule is Cc1cc(Oc2nnccc2/C(N)=N/O)ccc1C(C)C. The molecule has 110 valence electrons. The Bertz CT molecular complexity index is 668. The van der Waals surface area contributed by atoms with Crippen molar-refractivity contribution in [2.75, 3.05) is 0 Å². The third kappa shape index (κ3) is 3.28. The molecule has 0 atom stereocenters. The lowest BCUT2D eigenvalue weighted by molar-refractivity contribution is 0.318. The number of aryl methyl sites for hydroxylation is 1. The second-order valence-corrected chi connectivity index (χ2v) is 5.01. The van der Waals surface area contributed by atoms with E-state index in [2.05, 4.69) is 29.2 Å². The first-order valence-corrected chi connectivity index (χ1v) is 6.61. The van der Waals surface area contributed by atoms with E-state index in [0.717, 1.165) is 5.56 Å². The first kappa shape index (κ1) is 14.8. The molecule has 1 heterocycles. The first-order chi connectivity index (χ1) is 10.0. The van der Waals surface area contributed by atoms with Crippen molar-refractivity contribution in [3.63, 3.8) is 0 Å². The van der Waals surface area contributed by atoms with Crippen LogP contribution in [0.2, 0.25) is 0 Å². The first-order valence-electron chi connectivity index (χ1n) is 6.61. The predicted molar refractivity (Wildman–Crippen MR) is 79.9 cm³/mol. The van der Waals surface area contributed by atoms with Crippen LogP contribution < -0.4 is 10.5 Å². The van der Waals surface area contributed by atoms with E-state index in [4.69, 9.17) is 15.7 Å². The number of nitrogens with zero attached hydrogens (tertiary/aromatic N) is 3. The maximum absolute atomic E-state index is 8.78. The van der Waals surface area contributed by atoms with Crippen LogP contribution in [0.15, 0.2) is 35.6 Å². The summed E-state index contributed by atoms with van der Waals surface area (Å²) in [5.41, 5.74) is 8.38. The molecule has 2 rings (SSSR count). The Balaban J connectivity index is 2.33. The molecule has 1 aromatic carbocycles. The van der Waals surface area contributed by atoms with E-state index < -0.39 is 0 Å². The Morgan fingerprint density at radius 1 is 1.33 bits per heavy atom. The topological polar surface area (TPSA) is 93.6 Å². The predicted octanol–water partition coefficient (Wildman–Crippen LogP) is 2.80. The van der Waals surface area contributed by atoms with E-state index in [-0.39, 0.29) is 11.7 Å². The summed E-state index contributed by atoms with van der Waals surface area (Å²) in [4.78, 5) is 0. The highest BCUT2D eigenvalue weighted by Crippen LogP contribution is 2.27. The Kier molecular flexibility index (Phi) is 4.37. The number of rotatable bonds is 4. The van der Waals surface area contributed by atoms with Gasteiger partial charge in [0.05, 0.1) is 11.8 Å². The summed E-state index contributed by atoms with van der Waals surface area (Å²) in [7, 11) is 0. The molecule has 6 nitrogen and oxygen atoms in total. The molecule has 21 heavy (non-hydrogen) atoms. The van der Waals surface area contributed by atoms with E-state index in [1.165, 1.54) is 11.8 Å². The Morgan fingerprint density at radius 2 is 2.10 bits per heavy atom. The van der Waals surface area contributed by atoms with Crippen LogP contribution in [0.25, 0.3) is 0 Å². The molecule has 1 aromatic heterocycles. The number of nitrogens with two attached hydrogens (primary N) is 1. The molecule has 0 spiro atoms. The standard InChI is InChI=1S/C15H18N4O2/c1-9(2)12-5-4-11(8-10(12)3)21-15-13(14(16)19-20)6-7-17-18-15/h4-9,20H,1-3H3,(H2,16,19). The summed E-state index contributed by atoms with van der Waals surface area (Å²) in [6.07, 6.45) is 1.45. The highest BCUT2D eigenvalue weighted by molar-refractivity contribution is 5.98. The minimum Gasteiger partial charge on any atom is -0.437 e. The summed E-state index contributed by atoms with van der Waals surface area (Å²) in [6.45, 7) is 6.31. The van der Waals surface area contributed by atoms with E-state index in [9.17, 15) is 0 Å². The second-order valence-electron chi connectivity index (χ2n) is 5.01. The molecular formula is C15H18N4O2. The average Bonchev–Trinajstić information content (AvgIpc) is 2.46. The van der Waals surface area contributed by atoms with Gasteiger partial charge in [0.1, 0.15) is 5.75 Å². The summed E-state index contributed by atoms with van der Waals surface area (Å²) in [5.74, 6) is 1.20. The minimum absolute atomic E-state index is 0.0737. The van der Waals surface area contributed by atoms with Crippen LogP contribution in [0.5, 0.6) is 11.6 Å². The number of ether oxygens (including phenoxy) is 1. The van der Waals surface area contributed by atoms with Gasteiger partial charge in [-0.05, 0) is 42.2 Å². The van der Waals surface area contributed by atoms with Crippen molar-refractivity contribution < 1.29 is 9.94 Å². The number of oxime groups is 1. The third-order valence-electron chi connectivity index (χ3n) is 3.15. The summed E-state index contributed by atoms with van der Waals surface area (Å²) >= 11 is 0. The van der Waals surface area contributed by atoms with Crippen LogP contribution in [0.4, 0.5) is 0 Å². The average molecular weight is 286 g/mol. The van der Waals surface area contributed by atoms with Crippen LogP contribution in [0, 0.1) is 6.92 Å². The fourth-order valence-electron chi connectivity index (χ4n) is 2.11. The number of benzene rings is 1. The van der Waals surface area contributed by atoms with Gasteiger partial charge in [-0.2, -0.15) is 5.10 Å². The zero-order chi connectivity index (χ0) is 15.4. The Morgan fingerprint density at radius 3 is 2.71 bits per heavy atom. The zero-order valence-corrected chi connectivity index (χ0v) is 12.2. The number of aromatic nitrogens is 2. The molecule has 0 amide bonds. The Labute approximate surface area is 123 Å². The largest absolute Gasteiger partial charge is 0.437 e. The van der Waals surface area contributed by atoms with Crippen LogP contribution >= 0.6 is 0 Å². The molecule has 0 radical (unpaired) electrons. The summed E-state index contributed by atoms with van der Waals surface area (Å²) < 4.78 is 5.70. The third-order valence-corrected chi connectivity index (χ3v) is 3.15. The molecule has 0 aliphatic rings. The number of hydrogen-bond acceptors (Lipinski definition) is 5. The smallest absolute Gasteiger partial charge is 0.250 e. The second kappa shape index (κ2) is 6.21. The van der Waals surface area contributed by atoms with E-state index in [0.29, 0.717) is 17.2 Å². The monoisotopic (exact) mass is 286 g/mol. The molecule has 0 saturated carbocycles. The van der Waals surface area contributed by atoms with Crippen molar-refractivity contribution in [2.24, 2.45) is 10.9 Å². The molecule has 0 unspecified atom stereocenters. The van der Waals surface area contributed by atoms with E-state index in [1.807, 2.05) is 25.1 Å². The van der Waals surface area contributed by atoms with E-state index in [1.54, 1.807) is 6.07 Å². The van der Waals surface area contributed by atoms with Crippen molar-refractivity contribution in [2.45, 2.75) is 26.7 Å². The molecule has 0 aliphatic carbocycles. The van der Waals surface area contributed by atoms with Crippen LogP contribution in [-0.2, 0) is 0 Å². The normalized spacial score (nSPS) is 11.7. The quantitative estimate of drug-likeness (QED) is 0.390. The zero-order valence-electron chi connectivity index (χ0n) is 12.2. The maximum atomic E-state index is 8.78. The lowest BCUT2D eigenvalue weighted by Gasteiger charge is -2.12. The highest BCUT2D eigenvalue weighted by Gasteiger charge is 2.12. The highest BCUT2D eigenvalue weighted by atomic mass is 16.5. The molecule has 0 fully saturated rings. The van der Waals surface area contributed by atoms with Gasteiger partial charge in [-0.1, -0.05) is 25.1 Å². The van der Waals surface area contributed by atoms with Crippen LogP contribution in [-0.4, -0.2) is 21.2 Å². The Hall–Kier alpha value is -2.63. The van der Waals surface area contributed by atoms with Crippen molar-refractivity contribution in [1.29, 1.82) is 0 Å². The number of amidine groups is 1.